The fraction of sp³-hybridized carbons (Fsp3) is 0.200. The molecule has 0 heterocycles. The molecule has 39 heavy (non-hydrogen) atoms. The Bertz CT molecular complexity index is 1390. The van der Waals surface area contributed by atoms with E-state index >= 15 is 0 Å². The molecule has 0 saturated heterocycles. The molecule has 0 spiro atoms. The zero-order chi connectivity index (χ0) is 28.3. The van der Waals surface area contributed by atoms with Crippen LogP contribution in [-0.2, 0) is 9.84 Å². The largest absolute Gasteiger partial charge is 0.229 e. The lowest BCUT2D eigenvalue weighted by atomic mass is 9.88. The molecular weight excluding hydrogens is 693 g/mol. The molecule has 2 nitrogen and oxygen atoms in total. The van der Waals surface area contributed by atoms with E-state index in [-0.39, 0.29) is 23.1 Å². The van der Waals surface area contributed by atoms with Gasteiger partial charge in [0.2, 0.25) is 0 Å². The fourth-order valence-corrected chi connectivity index (χ4v) is 8.54. The molecule has 0 N–H and O–H groups in total. The van der Waals surface area contributed by atoms with Gasteiger partial charge in [0.15, 0.2) is 9.84 Å². The highest BCUT2D eigenvalue weighted by molar-refractivity contribution is 9.12. The predicted octanol–water partition coefficient (Wildman–Crippen LogP) is 8.99. The van der Waals surface area contributed by atoms with E-state index in [0.717, 1.165) is 20.1 Å². The lowest BCUT2D eigenvalue weighted by Crippen LogP contribution is -2.38. The normalized spacial score (nSPS) is 27.2. The summed E-state index contributed by atoms with van der Waals surface area (Å²) in [5.41, 5.74) is 1.48. The zero-order valence-electron chi connectivity index (χ0n) is 20.5. The summed E-state index contributed by atoms with van der Waals surface area (Å²) in [4.78, 5) is -2.25. The standard InChI is InChI=1S/C30H24Br2Cl2F2O2S/c31-25-7-5-23(29(33,17-25)15-13-21-1-9-27(35)10-2-21)19-39(37,38)20-24-6-8-26(32)18-30(24,34)16-14-22-3-11-28(36)12-4-22/h1-18,23-24H,19-20H2/b15-13+,16-14+. The molecule has 4 rings (SSSR count). The van der Waals surface area contributed by atoms with Gasteiger partial charge in [-0.1, -0.05) is 105 Å². The third-order valence-electron chi connectivity index (χ3n) is 6.50. The van der Waals surface area contributed by atoms with Crippen LogP contribution in [-0.4, -0.2) is 29.7 Å². The number of allylic oxidation sites excluding steroid dienone is 10. The number of halogens is 6. The first-order valence-corrected chi connectivity index (χ1v) is 16.1. The highest BCUT2D eigenvalue weighted by Crippen LogP contribution is 2.41. The minimum atomic E-state index is -3.66. The molecule has 0 amide bonds. The Morgan fingerprint density at radius 1 is 0.718 bits per heavy atom. The van der Waals surface area contributed by atoms with Crippen LogP contribution in [0.25, 0.3) is 12.2 Å². The first kappa shape index (κ1) is 30.2. The van der Waals surface area contributed by atoms with E-state index in [1.807, 2.05) is 0 Å². The average Bonchev–Trinajstić information content (AvgIpc) is 2.87. The molecule has 4 unspecified atom stereocenters. The van der Waals surface area contributed by atoms with Gasteiger partial charge in [-0.05, 0) is 47.5 Å². The van der Waals surface area contributed by atoms with Crippen molar-refractivity contribution in [1.82, 2.24) is 0 Å². The highest BCUT2D eigenvalue weighted by atomic mass is 79.9. The van der Waals surface area contributed by atoms with E-state index < -0.39 is 31.4 Å². The Morgan fingerprint density at radius 3 is 1.44 bits per heavy atom. The van der Waals surface area contributed by atoms with Crippen molar-refractivity contribution in [2.45, 2.75) is 9.75 Å². The van der Waals surface area contributed by atoms with Gasteiger partial charge in [-0.3, -0.25) is 0 Å². The van der Waals surface area contributed by atoms with Crippen molar-refractivity contribution in [3.8, 4) is 0 Å². The zero-order valence-corrected chi connectivity index (χ0v) is 26.0. The van der Waals surface area contributed by atoms with Gasteiger partial charge in [0, 0.05) is 20.8 Å². The van der Waals surface area contributed by atoms with Crippen molar-refractivity contribution in [3.05, 3.63) is 129 Å². The van der Waals surface area contributed by atoms with Crippen LogP contribution in [0.2, 0.25) is 0 Å². The second-order valence-corrected chi connectivity index (χ2v) is 14.8. The number of hydrogen-bond donors (Lipinski definition) is 0. The van der Waals surface area contributed by atoms with E-state index in [1.165, 1.54) is 24.3 Å². The van der Waals surface area contributed by atoms with Gasteiger partial charge < -0.3 is 0 Å². The van der Waals surface area contributed by atoms with Crippen LogP contribution in [0.5, 0.6) is 0 Å². The van der Waals surface area contributed by atoms with E-state index in [2.05, 4.69) is 31.9 Å². The molecule has 0 radical (unpaired) electrons. The van der Waals surface area contributed by atoms with Crippen molar-refractivity contribution in [3.63, 3.8) is 0 Å². The van der Waals surface area contributed by atoms with Gasteiger partial charge in [0.05, 0.1) is 21.3 Å². The van der Waals surface area contributed by atoms with Crippen molar-refractivity contribution in [1.29, 1.82) is 0 Å². The van der Waals surface area contributed by atoms with Crippen LogP contribution < -0.4 is 0 Å². The molecule has 0 fully saturated rings. The van der Waals surface area contributed by atoms with Crippen LogP contribution in [0.1, 0.15) is 11.1 Å². The Labute approximate surface area is 254 Å². The molecule has 204 valence electrons. The van der Waals surface area contributed by atoms with Crippen LogP contribution in [0.3, 0.4) is 0 Å². The molecular formula is C30H24Br2Cl2F2O2S. The monoisotopic (exact) mass is 714 g/mol. The van der Waals surface area contributed by atoms with Gasteiger partial charge in [-0.2, -0.15) is 0 Å². The summed E-state index contributed by atoms with van der Waals surface area (Å²) in [6, 6.07) is 11.9. The summed E-state index contributed by atoms with van der Waals surface area (Å²) >= 11 is 20.9. The molecule has 9 heteroatoms. The molecule has 0 aliphatic heterocycles. The fourth-order valence-electron chi connectivity index (χ4n) is 4.36. The van der Waals surface area contributed by atoms with Crippen LogP contribution in [0.15, 0.2) is 106 Å². The summed E-state index contributed by atoms with van der Waals surface area (Å²) in [7, 11) is -3.66. The SMILES string of the molecule is O=S(=O)(CC1C=CC(Br)=CC1(Cl)/C=C/c1ccc(F)cc1)CC1C=CC(Br)=CC1(Cl)/C=C/c1ccc(F)cc1. The Hall–Kier alpha value is -1.77. The minimum absolute atomic E-state index is 0.207. The summed E-state index contributed by atoms with van der Waals surface area (Å²) in [6.45, 7) is 0. The highest BCUT2D eigenvalue weighted by Gasteiger charge is 2.40. The molecule has 2 aliphatic carbocycles. The smallest absolute Gasteiger partial charge is 0.151 e. The molecule has 2 aromatic carbocycles. The van der Waals surface area contributed by atoms with E-state index in [9.17, 15) is 17.2 Å². The minimum Gasteiger partial charge on any atom is -0.229 e. The number of alkyl halides is 2. The summed E-state index contributed by atoms with van der Waals surface area (Å²) in [5.74, 6) is -2.22. The second-order valence-electron chi connectivity index (χ2n) is 9.49. The molecule has 0 bridgehead atoms. The topological polar surface area (TPSA) is 34.1 Å². The third kappa shape index (κ3) is 8.14. The number of sulfone groups is 1. The maximum Gasteiger partial charge on any atom is 0.151 e. The number of hydrogen-bond acceptors (Lipinski definition) is 2. The lowest BCUT2D eigenvalue weighted by molar-refractivity contribution is 0.551. The predicted molar refractivity (Wildman–Crippen MR) is 166 cm³/mol. The van der Waals surface area contributed by atoms with Crippen molar-refractivity contribution in [2.24, 2.45) is 11.8 Å². The number of benzene rings is 2. The summed E-state index contributed by atoms with van der Waals surface area (Å²) in [5, 5.41) is 0. The van der Waals surface area contributed by atoms with E-state index in [0.29, 0.717) is 0 Å². The molecule has 0 saturated carbocycles. The van der Waals surface area contributed by atoms with Gasteiger partial charge in [0.1, 0.15) is 11.6 Å². The van der Waals surface area contributed by atoms with Crippen molar-refractivity contribution in [2.75, 3.05) is 11.5 Å². The van der Waals surface area contributed by atoms with E-state index in [1.54, 1.807) is 85.0 Å². The van der Waals surface area contributed by atoms with Crippen molar-refractivity contribution < 1.29 is 17.2 Å². The number of rotatable bonds is 8. The first-order valence-electron chi connectivity index (χ1n) is 12.0. The van der Waals surface area contributed by atoms with Crippen LogP contribution in [0.4, 0.5) is 8.78 Å². The van der Waals surface area contributed by atoms with Gasteiger partial charge in [-0.25, -0.2) is 17.2 Å². The van der Waals surface area contributed by atoms with E-state index in [4.69, 9.17) is 23.2 Å². The maximum absolute atomic E-state index is 13.5. The van der Waals surface area contributed by atoms with Gasteiger partial charge in [-0.15, -0.1) is 23.2 Å². The van der Waals surface area contributed by atoms with Gasteiger partial charge in [0.25, 0.3) is 0 Å². The molecule has 2 aromatic rings. The first-order chi connectivity index (χ1) is 18.4. The Kier molecular flexibility index (Phi) is 9.60. The Morgan fingerprint density at radius 2 is 1.08 bits per heavy atom. The van der Waals surface area contributed by atoms with Crippen LogP contribution >= 0.6 is 55.1 Å². The summed E-state index contributed by atoms with van der Waals surface area (Å²) in [6.07, 6.45) is 17.6. The van der Waals surface area contributed by atoms with Crippen molar-refractivity contribution >= 4 is 77.1 Å². The molecule has 4 atom stereocenters. The summed E-state index contributed by atoms with van der Waals surface area (Å²) < 4.78 is 55.1. The maximum atomic E-state index is 13.5. The lowest BCUT2D eigenvalue weighted by Gasteiger charge is -2.33. The second kappa shape index (κ2) is 12.4. The van der Waals surface area contributed by atoms with Gasteiger partial charge >= 0.3 is 0 Å². The third-order valence-corrected chi connectivity index (χ3v) is 10.3. The Balaban J connectivity index is 1.54. The average molecular weight is 717 g/mol. The molecule has 0 aromatic heterocycles. The quantitative estimate of drug-likeness (QED) is 0.256. The molecule has 2 aliphatic rings. The van der Waals surface area contributed by atoms with Crippen LogP contribution in [0, 0.1) is 23.5 Å².